The molecule has 7 rings (SSSR count). The lowest BCUT2D eigenvalue weighted by molar-refractivity contribution is -0.117. The van der Waals surface area contributed by atoms with Crippen LogP contribution in [0.2, 0.25) is 0 Å². The van der Waals surface area contributed by atoms with Gasteiger partial charge in [0.2, 0.25) is 15.9 Å². The van der Waals surface area contributed by atoms with Crippen LogP contribution < -0.4 is 15.5 Å². The zero-order chi connectivity index (χ0) is 35.0. The van der Waals surface area contributed by atoms with E-state index in [0.29, 0.717) is 28.2 Å². The van der Waals surface area contributed by atoms with Crippen LogP contribution in [0.5, 0.6) is 0 Å². The second-order valence-electron chi connectivity index (χ2n) is 13.3. The molecule has 10 nitrogen and oxygen atoms in total. The fraction of sp³-hybridized carbons (Fsp3) is 0.378. The molecule has 3 fully saturated rings. The molecule has 4 aliphatic rings. The molecule has 3 aromatic rings. The van der Waals surface area contributed by atoms with Crippen molar-refractivity contribution in [2.75, 3.05) is 56.5 Å². The fourth-order valence-electron chi connectivity index (χ4n) is 6.66. The Morgan fingerprint density at radius 2 is 1.72 bits per heavy atom. The lowest BCUT2D eigenvalue weighted by Crippen LogP contribution is -2.44. The molecular formula is C37H38F2N6O4S. The molecule has 2 saturated heterocycles. The first-order chi connectivity index (χ1) is 24.0. The summed E-state index contributed by atoms with van der Waals surface area (Å²) >= 11 is 0. The SMILES string of the molecule is CN1CCN(c2ccc(N=C(c3ccccc3)C3C(=O)Nc4cc(C#CC(=O)NC5CCC5)c(S(=O)(=O)N5CCC(F)(F)C5)cc43)cc2)CC1. The second-order valence-corrected chi connectivity index (χ2v) is 15.2. The van der Waals surface area contributed by atoms with Crippen LogP contribution in [0.1, 0.15) is 48.3 Å². The van der Waals surface area contributed by atoms with Crippen molar-refractivity contribution in [1.29, 1.82) is 0 Å². The highest BCUT2D eigenvalue weighted by Gasteiger charge is 2.45. The molecule has 1 unspecified atom stereocenters. The van der Waals surface area contributed by atoms with Gasteiger partial charge in [0.05, 0.1) is 22.8 Å². The van der Waals surface area contributed by atoms with Crippen LogP contribution in [0.3, 0.4) is 0 Å². The maximum atomic E-state index is 14.3. The highest BCUT2D eigenvalue weighted by Crippen LogP contribution is 2.41. The van der Waals surface area contributed by atoms with E-state index >= 15 is 0 Å². The normalized spacial score (nSPS) is 21.2. The van der Waals surface area contributed by atoms with Crippen LogP contribution in [-0.4, -0.2) is 93.4 Å². The third-order valence-electron chi connectivity index (χ3n) is 9.80. The summed E-state index contributed by atoms with van der Waals surface area (Å²) in [6.45, 7) is 2.41. The Morgan fingerprint density at radius 3 is 2.36 bits per heavy atom. The third kappa shape index (κ3) is 7.01. The number of likely N-dealkylation sites (N-methyl/N-ethyl adjacent to an activating group) is 1. The van der Waals surface area contributed by atoms with Crippen LogP contribution in [0.15, 0.2) is 76.6 Å². The minimum absolute atomic E-state index is 0.0191. The molecule has 3 aliphatic heterocycles. The van der Waals surface area contributed by atoms with E-state index in [1.165, 1.54) is 12.1 Å². The average Bonchev–Trinajstić information content (AvgIpc) is 3.62. The van der Waals surface area contributed by atoms with Gasteiger partial charge in [0, 0.05) is 68.0 Å². The average molecular weight is 701 g/mol. The van der Waals surface area contributed by atoms with Gasteiger partial charge in [-0.05, 0) is 73.8 Å². The van der Waals surface area contributed by atoms with Gasteiger partial charge in [-0.15, -0.1) is 0 Å². The number of fused-ring (bicyclic) bond motifs is 1. The molecule has 1 atom stereocenters. The van der Waals surface area contributed by atoms with E-state index in [9.17, 15) is 26.8 Å². The molecule has 0 spiro atoms. The summed E-state index contributed by atoms with van der Waals surface area (Å²) in [5, 5.41) is 5.65. The summed E-state index contributed by atoms with van der Waals surface area (Å²) in [6.07, 6.45) is 2.08. The lowest BCUT2D eigenvalue weighted by atomic mass is 9.90. The zero-order valence-corrected chi connectivity index (χ0v) is 28.5. The molecule has 0 bridgehead atoms. The van der Waals surface area contributed by atoms with Crippen molar-refractivity contribution in [3.05, 3.63) is 83.4 Å². The van der Waals surface area contributed by atoms with Crippen LogP contribution >= 0.6 is 0 Å². The van der Waals surface area contributed by atoms with Crippen molar-refractivity contribution in [3.63, 3.8) is 0 Å². The quantitative estimate of drug-likeness (QED) is 0.280. The summed E-state index contributed by atoms with van der Waals surface area (Å²) in [4.78, 5) is 35.6. The van der Waals surface area contributed by atoms with Crippen molar-refractivity contribution in [2.24, 2.45) is 4.99 Å². The molecule has 2 amide bonds. The van der Waals surface area contributed by atoms with Gasteiger partial charge in [-0.2, -0.15) is 4.31 Å². The number of sulfonamides is 1. The number of hydrogen-bond donors (Lipinski definition) is 2. The zero-order valence-electron chi connectivity index (χ0n) is 27.7. The maximum absolute atomic E-state index is 14.3. The molecule has 13 heteroatoms. The number of alkyl halides is 2. The summed E-state index contributed by atoms with van der Waals surface area (Å²) in [5.41, 5.74) is 3.29. The fourth-order valence-corrected chi connectivity index (χ4v) is 8.30. The van der Waals surface area contributed by atoms with Gasteiger partial charge >= 0.3 is 0 Å². The molecule has 260 valence electrons. The van der Waals surface area contributed by atoms with Crippen LogP contribution in [0, 0.1) is 11.8 Å². The molecule has 3 aromatic carbocycles. The largest absolute Gasteiger partial charge is 0.369 e. The molecule has 1 saturated carbocycles. The van der Waals surface area contributed by atoms with E-state index in [2.05, 4.69) is 39.3 Å². The predicted molar refractivity (Wildman–Crippen MR) is 188 cm³/mol. The monoisotopic (exact) mass is 700 g/mol. The van der Waals surface area contributed by atoms with Crippen molar-refractivity contribution in [1.82, 2.24) is 14.5 Å². The van der Waals surface area contributed by atoms with Gasteiger partial charge in [-0.3, -0.25) is 14.6 Å². The highest BCUT2D eigenvalue weighted by molar-refractivity contribution is 7.89. The molecule has 0 radical (unpaired) electrons. The standard InChI is InChI=1S/C37H38F2N6O4S/c1-43-18-20-44(21-19-43)29-13-11-28(12-14-29)41-35(25-6-3-2-4-7-25)34-30-23-32(50(48,49)45-17-16-37(38,39)24-45)26(22-31(30)42-36(34)47)10-15-33(46)40-27-8-5-9-27/h2-4,6-7,11-14,22-23,27,34H,5,8-9,16-21,24H2,1H3,(H,40,46)(H,42,47). The predicted octanol–water partition coefficient (Wildman–Crippen LogP) is 4.35. The van der Waals surface area contributed by atoms with E-state index in [1.54, 1.807) is 0 Å². The van der Waals surface area contributed by atoms with E-state index in [-0.39, 0.29) is 23.0 Å². The first-order valence-corrected chi connectivity index (χ1v) is 18.3. The minimum atomic E-state index is -4.50. The highest BCUT2D eigenvalue weighted by atomic mass is 32.2. The van der Waals surface area contributed by atoms with Gasteiger partial charge in [-0.25, -0.2) is 17.2 Å². The number of aliphatic imine (C=N–C) groups is 1. The number of halogens is 2. The van der Waals surface area contributed by atoms with Crippen molar-refractivity contribution < 1.29 is 26.8 Å². The van der Waals surface area contributed by atoms with E-state index in [0.717, 1.165) is 55.4 Å². The van der Waals surface area contributed by atoms with Gasteiger partial charge in [0.1, 0.15) is 5.92 Å². The van der Waals surface area contributed by atoms with Crippen molar-refractivity contribution in [2.45, 2.75) is 48.5 Å². The topological polar surface area (TPSA) is 114 Å². The van der Waals surface area contributed by atoms with E-state index in [1.807, 2.05) is 54.6 Å². The van der Waals surface area contributed by atoms with Gasteiger partial charge in [-0.1, -0.05) is 36.3 Å². The van der Waals surface area contributed by atoms with E-state index < -0.39 is 46.6 Å². The second kappa shape index (κ2) is 13.6. The summed E-state index contributed by atoms with van der Waals surface area (Å²) in [5.74, 6) is -0.0578. The number of rotatable bonds is 7. The molecular weight excluding hydrogens is 663 g/mol. The minimum Gasteiger partial charge on any atom is -0.369 e. The van der Waals surface area contributed by atoms with Crippen LogP contribution in [-0.2, 0) is 19.6 Å². The Morgan fingerprint density at radius 1 is 1.00 bits per heavy atom. The maximum Gasteiger partial charge on any atom is 0.296 e. The number of nitrogens with zero attached hydrogens (tertiary/aromatic N) is 4. The van der Waals surface area contributed by atoms with Crippen LogP contribution in [0.4, 0.5) is 25.8 Å². The third-order valence-corrected chi connectivity index (χ3v) is 11.7. The van der Waals surface area contributed by atoms with Crippen molar-refractivity contribution in [3.8, 4) is 11.8 Å². The van der Waals surface area contributed by atoms with Gasteiger partial charge in [0.25, 0.3) is 11.8 Å². The van der Waals surface area contributed by atoms with Crippen molar-refractivity contribution >= 4 is 44.6 Å². The smallest absolute Gasteiger partial charge is 0.296 e. The summed E-state index contributed by atoms with van der Waals surface area (Å²) in [6, 6.07) is 19.7. The molecule has 3 heterocycles. The Bertz CT molecular complexity index is 2000. The Kier molecular flexibility index (Phi) is 9.19. The summed E-state index contributed by atoms with van der Waals surface area (Å²) in [7, 11) is -2.40. The van der Waals surface area contributed by atoms with Gasteiger partial charge < -0.3 is 20.4 Å². The first kappa shape index (κ1) is 33.8. The molecule has 1 aliphatic carbocycles. The van der Waals surface area contributed by atoms with Gasteiger partial charge in [0.15, 0.2) is 0 Å². The number of amides is 2. The molecule has 0 aromatic heterocycles. The number of benzene rings is 3. The lowest BCUT2D eigenvalue weighted by Gasteiger charge is -2.34. The number of nitrogens with one attached hydrogen (secondary N) is 2. The Labute approximate surface area is 290 Å². The summed E-state index contributed by atoms with van der Waals surface area (Å²) < 4.78 is 57.3. The number of anilines is 2. The number of carbonyl (C=O) groups is 2. The Balaban J connectivity index is 1.29. The molecule has 50 heavy (non-hydrogen) atoms. The number of carbonyl (C=O) groups excluding carboxylic acids is 2. The van der Waals surface area contributed by atoms with Crippen LogP contribution in [0.25, 0.3) is 0 Å². The number of piperazine rings is 1. The van der Waals surface area contributed by atoms with E-state index in [4.69, 9.17) is 4.99 Å². The number of hydrogen-bond acceptors (Lipinski definition) is 7. The molecule has 2 N–H and O–H groups in total. The first-order valence-electron chi connectivity index (χ1n) is 16.8. The Hall–Kier alpha value is -4.64.